The van der Waals surface area contributed by atoms with Crippen LogP contribution in [-0.4, -0.2) is 16.5 Å². The molecule has 0 aliphatic heterocycles. The average Bonchev–Trinajstić information content (AvgIpc) is 2.73. The van der Waals surface area contributed by atoms with Gasteiger partial charge in [0.25, 0.3) is 0 Å². The van der Waals surface area contributed by atoms with Gasteiger partial charge in [0.1, 0.15) is 12.1 Å². The van der Waals surface area contributed by atoms with Crippen LogP contribution in [-0.2, 0) is 0 Å². The van der Waals surface area contributed by atoms with Crippen molar-refractivity contribution in [3.63, 3.8) is 0 Å². The van der Waals surface area contributed by atoms with Gasteiger partial charge in [0.05, 0.1) is 10.2 Å². The molecule has 4 heteroatoms. The Morgan fingerprint density at radius 2 is 2.12 bits per heavy atom. The second kappa shape index (κ2) is 4.78. The van der Waals surface area contributed by atoms with Crippen molar-refractivity contribution < 1.29 is 0 Å². The monoisotopic (exact) mass is 235 g/mol. The van der Waals surface area contributed by atoms with Crippen molar-refractivity contribution in [3.8, 4) is 0 Å². The van der Waals surface area contributed by atoms with Crippen LogP contribution in [0, 0.1) is 11.8 Å². The zero-order valence-corrected chi connectivity index (χ0v) is 10.7. The maximum absolute atomic E-state index is 4.30. The largest absolute Gasteiger partial charge is 0.369 e. The highest BCUT2D eigenvalue weighted by Gasteiger charge is 2.09. The Hall–Kier alpha value is -1.16. The van der Waals surface area contributed by atoms with Gasteiger partial charge in [0.15, 0.2) is 0 Å². The summed E-state index contributed by atoms with van der Waals surface area (Å²) < 4.78 is 1.15. The number of thiophene rings is 1. The number of hydrogen-bond acceptors (Lipinski definition) is 4. The fraction of sp³-hybridized carbons (Fsp3) is 0.500. The van der Waals surface area contributed by atoms with E-state index in [1.165, 1.54) is 0 Å². The van der Waals surface area contributed by atoms with Gasteiger partial charge in [0, 0.05) is 6.54 Å². The van der Waals surface area contributed by atoms with Gasteiger partial charge in [-0.1, -0.05) is 20.8 Å². The molecule has 0 aromatic carbocycles. The lowest BCUT2D eigenvalue weighted by molar-refractivity contribution is 0.439. The Morgan fingerprint density at radius 1 is 1.31 bits per heavy atom. The van der Waals surface area contributed by atoms with Crippen molar-refractivity contribution in [3.05, 3.63) is 17.8 Å². The minimum atomic E-state index is 0.643. The van der Waals surface area contributed by atoms with E-state index in [0.717, 1.165) is 22.6 Å². The number of nitrogens with one attached hydrogen (secondary N) is 1. The van der Waals surface area contributed by atoms with E-state index >= 15 is 0 Å². The van der Waals surface area contributed by atoms with Crippen LogP contribution in [0.3, 0.4) is 0 Å². The summed E-state index contributed by atoms with van der Waals surface area (Å²) in [4.78, 5) is 8.52. The molecule has 1 unspecified atom stereocenters. The molecule has 0 fully saturated rings. The topological polar surface area (TPSA) is 37.8 Å². The molecule has 0 saturated heterocycles. The molecule has 0 spiro atoms. The maximum atomic E-state index is 4.30. The van der Waals surface area contributed by atoms with Gasteiger partial charge in [-0.05, 0) is 23.3 Å². The van der Waals surface area contributed by atoms with Crippen molar-refractivity contribution in [2.75, 3.05) is 11.9 Å². The number of hydrogen-bond donors (Lipinski definition) is 1. The molecule has 0 saturated carbocycles. The van der Waals surface area contributed by atoms with Crippen LogP contribution >= 0.6 is 11.3 Å². The van der Waals surface area contributed by atoms with Gasteiger partial charge in [0.2, 0.25) is 0 Å². The molecule has 0 amide bonds. The van der Waals surface area contributed by atoms with Crippen molar-refractivity contribution >= 4 is 27.4 Å². The molecule has 3 nitrogen and oxygen atoms in total. The van der Waals surface area contributed by atoms with E-state index in [1.54, 1.807) is 17.7 Å². The highest BCUT2D eigenvalue weighted by molar-refractivity contribution is 7.17. The molecule has 86 valence electrons. The Labute approximate surface area is 99.9 Å². The third-order valence-electron chi connectivity index (χ3n) is 2.97. The third kappa shape index (κ3) is 2.32. The molecule has 0 radical (unpaired) electrons. The molecule has 0 aliphatic carbocycles. The molecule has 2 aromatic rings. The number of aromatic nitrogens is 2. The fourth-order valence-electron chi connectivity index (χ4n) is 1.41. The second-order valence-electron chi connectivity index (χ2n) is 4.46. The molecule has 1 atom stereocenters. The highest BCUT2D eigenvalue weighted by Crippen LogP contribution is 2.25. The zero-order valence-electron chi connectivity index (χ0n) is 9.90. The minimum Gasteiger partial charge on any atom is -0.369 e. The van der Waals surface area contributed by atoms with Crippen LogP contribution in [0.2, 0.25) is 0 Å². The molecule has 2 heterocycles. The van der Waals surface area contributed by atoms with E-state index in [1.807, 2.05) is 6.07 Å². The first-order valence-corrected chi connectivity index (χ1v) is 6.48. The van der Waals surface area contributed by atoms with Crippen LogP contribution in [0.1, 0.15) is 20.8 Å². The van der Waals surface area contributed by atoms with E-state index in [4.69, 9.17) is 0 Å². The van der Waals surface area contributed by atoms with E-state index in [2.05, 4.69) is 41.4 Å². The van der Waals surface area contributed by atoms with Crippen molar-refractivity contribution in [2.24, 2.45) is 11.8 Å². The zero-order chi connectivity index (χ0) is 11.5. The van der Waals surface area contributed by atoms with Crippen LogP contribution in [0.15, 0.2) is 17.8 Å². The number of rotatable bonds is 4. The van der Waals surface area contributed by atoms with Gasteiger partial charge >= 0.3 is 0 Å². The summed E-state index contributed by atoms with van der Waals surface area (Å²) in [5.74, 6) is 2.30. The summed E-state index contributed by atoms with van der Waals surface area (Å²) in [6.07, 6.45) is 1.62. The van der Waals surface area contributed by atoms with E-state index < -0.39 is 0 Å². The number of anilines is 1. The standard InChI is InChI=1S/C12H17N3S/c1-8(2)9(3)6-13-12-11-10(4-5-16-11)14-7-15-12/h4-5,7-9H,6H2,1-3H3,(H,13,14,15). The quantitative estimate of drug-likeness (QED) is 0.882. The molecule has 16 heavy (non-hydrogen) atoms. The first-order chi connectivity index (χ1) is 7.68. The van der Waals surface area contributed by atoms with Crippen molar-refractivity contribution in [1.82, 2.24) is 9.97 Å². The van der Waals surface area contributed by atoms with Crippen molar-refractivity contribution in [2.45, 2.75) is 20.8 Å². The van der Waals surface area contributed by atoms with E-state index in [-0.39, 0.29) is 0 Å². The van der Waals surface area contributed by atoms with Crippen LogP contribution in [0.4, 0.5) is 5.82 Å². The van der Waals surface area contributed by atoms with Crippen LogP contribution < -0.4 is 5.32 Å². The van der Waals surface area contributed by atoms with E-state index in [9.17, 15) is 0 Å². The lowest BCUT2D eigenvalue weighted by Crippen LogP contribution is -2.16. The fourth-order valence-corrected chi connectivity index (χ4v) is 2.22. The average molecular weight is 235 g/mol. The predicted molar refractivity (Wildman–Crippen MR) is 69.9 cm³/mol. The summed E-state index contributed by atoms with van der Waals surface area (Å²) in [6.45, 7) is 7.70. The van der Waals surface area contributed by atoms with Gasteiger partial charge < -0.3 is 5.32 Å². The van der Waals surface area contributed by atoms with Crippen LogP contribution in [0.25, 0.3) is 10.2 Å². The normalized spacial score (nSPS) is 13.2. The summed E-state index contributed by atoms with van der Waals surface area (Å²) in [7, 11) is 0. The number of nitrogens with zero attached hydrogens (tertiary/aromatic N) is 2. The molecule has 2 aromatic heterocycles. The van der Waals surface area contributed by atoms with Gasteiger partial charge in [-0.25, -0.2) is 9.97 Å². The molecule has 0 bridgehead atoms. The van der Waals surface area contributed by atoms with Gasteiger partial charge in [-0.3, -0.25) is 0 Å². The highest BCUT2D eigenvalue weighted by atomic mass is 32.1. The van der Waals surface area contributed by atoms with Gasteiger partial charge in [-0.15, -0.1) is 11.3 Å². The molecule has 0 aliphatic rings. The lowest BCUT2D eigenvalue weighted by Gasteiger charge is -2.16. The Morgan fingerprint density at radius 3 is 2.88 bits per heavy atom. The first kappa shape index (κ1) is 11.3. The predicted octanol–water partition coefficient (Wildman–Crippen LogP) is 3.40. The molecule has 2 rings (SSSR count). The SMILES string of the molecule is CC(C)C(C)CNc1ncnc2ccsc12. The molecular weight excluding hydrogens is 218 g/mol. The summed E-state index contributed by atoms with van der Waals surface area (Å²) >= 11 is 1.69. The summed E-state index contributed by atoms with van der Waals surface area (Å²) in [5, 5.41) is 5.47. The lowest BCUT2D eigenvalue weighted by atomic mass is 9.98. The van der Waals surface area contributed by atoms with E-state index in [0.29, 0.717) is 11.8 Å². The minimum absolute atomic E-state index is 0.643. The molecule has 1 N–H and O–H groups in total. The van der Waals surface area contributed by atoms with Crippen LogP contribution in [0.5, 0.6) is 0 Å². The van der Waals surface area contributed by atoms with Crippen molar-refractivity contribution in [1.29, 1.82) is 0 Å². The number of fused-ring (bicyclic) bond motifs is 1. The smallest absolute Gasteiger partial charge is 0.147 e. The Balaban J connectivity index is 2.12. The first-order valence-electron chi connectivity index (χ1n) is 5.60. The third-order valence-corrected chi connectivity index (χ3v) is 3.88. The summed E-state index contributed by atoms with van der Waals surface area (Å²) in [6, 6.07) is 2.03. The Kier molecular flexibility index (Phi) is 3.39. The molecular formula is C12H17N3S. The Bertz CT molecular complexity index is 464. The summed E-state index contributed by atoms with van der Waals surface area (Å²) in [5.41, 5.74) is 1.03. The van der Waals surface area contributed by atoms with Gasteiger partial charge in [-0.2, -0.15) is 0 Å². The second-order valence-corrected chi connectivity index (χ2v) is 5.38. The maximum Gasteiger partial charge on any atom is 0.147 e.